The van der Waals surface area contributed by atoms with Crippen molar-refractivity contribution >= 4 is 35.3 Å². The Balaban J connectivity index is 1.84. The molecule has 0 radical (unpaired) electrons. The van der Waals surface area contributed by atoms with Crippen LogP contribution in [-0.4, -0.2) is 39.0 Å². The first-order valence-electron chi connectivity index (χ1n) is 9.52. The van der Waals surface area contributed by atoms with Crippen molar-refractivity contribution in [2.45, 2.75) is 19.0 Å². The van der Waals surface area contributed by atoms with Crippen LogP contribution in [-0.2, 0) is 4.79 Å². The molecular formula is C21H21ClFN5O2S. The standard InChI is InChI=1S/C21H21ClFN5O2S/c1-13(2)11-24-20(30)25-18(29)12-31-21-27-26-19(14-7-3-4-8-15(14)22)28(21)17-10-6-5-9-16(17)23/h3-10,13H,11-12H2,1-2H3,(H2,24,25,29,30). The van der Waals surface area contributed by atoms with E-state index in [9.17, 15) is 14.0 Å². The van der Waals surface area contributed by atoms with Gasteiger partial charge in [-0.1, -0.05) is 61.5 Å². The Morgan fingerprint density at radius 1 is 1.13 bits per heavy atom. The third kappa shape index (κ3) is 5.83. The number of nitrogens with zero attached hydrogens (tertiary/aromatic N) is 3. The molecule has 31 heavy (non-hydrogen) atoms. The van der Waals surface area contributed by atoms with E-state index in [-0.39, 0.29) is 22.5 Å². The summed E-state index contributed by atoms with van der Waals surface area (Å²) in [5.74, 6) is -0.487. The van der Waals surface area contributed by atoms with E-state index in [0.717, 1.165) is 11.8 Å². The van der Waals surface area contributed by atoms with Gasteiger partial charge in [0.2, 0.25) is 5.91 Å². The number of aromatic nitrogens is 3. The van der Waals surface area contributed by atoms with Gasteiger partial charge in [-0.3, -0.25) is 14.7 Å². The van der Waals surface area contributed by atoms with Gasteiger partial charge in [0.05, 0.1) is 16.5 Å². The zero-order valence-electron chi connectivity index (χ0n) is 16.9. The molecule has 0 atom stereocenters. The van der Waals surface area contributed by atoms with Crippen molar-refractivity contribution < 1.29 is 14.0 Å². The molecule has 0 saturated heterocycles. The minimum absolute atomic E-state index is 0.107. The lowest BCUT2D eigenvalue weighted by atomic mass is 10.2. The minimum atomic E-state index is -0.563. The molecule has 0 saturated carbocycles. The average Bonchev–Trinajstić information content (AvgIpc) is 3.15. The largest absolute Gasteiger partial charge is 0.338 e. The second-order valence-electron chi connectivity index (χ2n) is 7.01. The predicted molar refractivity (Wildman–Crippen MR) is 119 cm³/mol. The minimum Gasteiger partial charge on any atom is -0.338 e. The molecule has 3 aromatic rings. The summed E-state index contributed by atoms with van der Waals surface area (Å²) in [5.41, 5.74) is 0.796. The normalized spacial score (nSPS) is 10.9. The van der Waals surface area contributed by atoms with Crippen LogP contribution in [0.15, 0.2) is 53.7 Å². The summed E-state index contributed by atoms with van der Waals surface area (Å²) in [6, 6.07) is 12.6. The molecule has 2 aromatic carbocycles. The van der Waals surface area contributed by atoms with Crippen molar-refractivity contribution in [3.63, 3.8) is 0 Å². The van der Waals surface area contributed by atoms with Crippen molar-refractivity contribution in [1.29, 1.82) is 0 Å². The van der Waals surface area contributed by atoms with Crippen molar-refractivity contribution in [3.8, 4) is 17.1 Å². The highest BCUT2D eigenvalue weighted by atomic mass is 35.5. The Morgan fingerprint density at radius 3 is 2.55 bits per heavy atom. The van der Waals surface area contributed by atoms with Crippen molar-refractivity contribution in [2.75, 3.05) is 12.3 Å². The van der Waals surface area contributed by atoms with E-state index in [1.807, 2.05) is 13.8 Å². The molecule has 1 heterocycles. The Labute approximate surface area is 188 Å². The SMILES string of the molecule is CC(C)CNC(=O)NC(=O)CSc1nnc(-c2ccccc2Cl)n1-c1ccccc1F. The number of imide groups is 1. The van der Waals surface area contributed by atoms with E-state index < -0.39 is 17.8 Å². The Hall–Kier alpha value is -2.91. The summed E-state index contributed by atoms with van der Waals surface area (Å²) >= 11 is 7.35. The van der Waals surface area contributed by atoms with E-state index in [0.29, 0.717) is 23.0 Å². The Morgan fingerprint density at radius 2 is 1.84 bits per heavy atom. The number of nitrogens with one attached hydrogen (secondary N) is 2. The van der Waals surface area contributed by atoms with Gasteiger partial charge < -0.3 is 5.32 Å². The fourth-order valence-electron chi connectivity index (χ4n) is 2.66. The maximum atomic E-state index is 14.6. The van der Waals surface area contributed by atoms with Gasteiger partial charge in [-0.2, -0.15) is 0 Å². The van der Waals surface area contributed by atoms with Crippen LogP contribution in [0, 0.1) is 11.7 Å². The first kappa shape index (κ1) is 22.8. The van der Waals surface area contributed by atoms with Gasteiger partial charge in [0, 0.05) is 12.1 Å². The number of carbonyl (C=O) groups is 2. The molecule has 0 spiro atoms. The fourth-order valence-corrected chi connectivity index (χ4v) is 3.63. The summed E-state index contributed by atoms with van der Waals surface area (Å²) in [4.78, 5) is 24.0. The van der Waals surface area contributed by atoms with Gasteiger partial charge in [0.25, 0.3) is 0 Å². The van der Waals surface area contributed by atoms with Crippen LogP contribution in [0.25, 0.3) is 17.1 Å². The number of hydrogen-bond acceptors (Lipinski definition) is 5. The second kappa shape index (κ2) is 10.4. The van der Waals surface area contributed by atoms with Gasteiger partial charge in [-0.25, -0.2) is 9.18 Å². The van der Waals surface area contributed by atoms with Crippen LogP contribution >= 0.6 is 23.4 Å². The van der Waals surface area contributed by atoms with Crippen molar-refractivity contribution in [1.82, 2.24) is 25.4 Å². The molecule has 162 valence electrons. The fraction of sp³-hybridized carbons (Fsp3) is 0.238. The summed E-state index contributed by atoms with van der Waals surface area (Å²) < 4.78 is 16.1. The topological polar surface area (TPSA) is 88.9 Å². The molecule has 10 heteroatoms. The van der Waals surface area contributed by atoms with Crippen LogP contribution in [0.2, 0.25) is 5.02 Å². The molecule has 0 aliphatic rings. The first-order chi connectivity index (χ1) is 14.9. The third-order valence-corrected chi connectivity index (χ3v) is 5.36. The monoisotopic (exact) mass is 461 g/mol. The lowest BCUT2D eigenvalue weighted by Gasteiger charge is -2.12. The highest BCUT2D eigenvalue weighted by molar-refractivity contribution is 7.99. The highest BCUT2D eigenvalue weighted by Crippen LogP contribution is 2.32. The van der Waals surface area contributed by atoms with E-state index >= 15 is 0 Å². The third-order valence-electron chi connectivity index (χ3n) is 4.10. The number of thioether (sulfide) groups is 1. The van der Waals surface area contributed by atoms with Crippen molar-refractivity contribution in [3.05, 3.63) is 59.4 Å². The number of carbonyl (C=O) groups excluding carboxylic acids is 2. The van der Waals surface area contributed by atoms with Crippen molar-refractivity contribution in [2.24, 2.45) is 5.92 Å². The summed E-state index contributed by atoms with van der Waals surface area (Å²) in [5, 5.41) is 13.9. The van der Waals surface area contributed by atoms with Crippen LogP contribution in [0.4, 0.5) is 9.18 Å². The summed E-state index contributed by atoms with van der Waals surface area (Å²) in [6.45, 7) is 4.35. The van der Waals surface area contributed by atoms with Crippen LogP contribution in [0.1, 0.15) is 13.8 Å². The highest BCUT2D eigenvalue weighted by Gasteiger charge is 2.21. The van der Waals surface area contributed by atoms with E-state index in [4.69, 9.17) is 11.6 Å². The number of urea groups is 1. The number of rotatable bonds is 7. The number of benzene rings is 2. The van der Waals surface area contributed by atoms with Gasteiger partial charge in [0.15, 0.2) is 11.0 Å². The van der Waals surface area contributed by atoms with Crippen LogP contribution in [0.5, 0.6) is 0 Å². The smallest absolute Gasteiger partial charge is 0.321 e. The molecule has 7 nitrogen and oxygen atoms in total. The van der Waals surface area contributed by atoms with E-state index in [1.54, 1.807) is 42.5 Å². The number of para-hydroxylation sites is 1. The number of hydrogen-bond donors (Lipinski definition) is 2. The second-order valence-corrected chi connectivity index (χ2v) is 8.36. The predicted octanol–water partition coefficient (Wildman–Crippen LogP) is 4.30. The zero-order valence-corrected chi connectivity index (χ0v) is 18.5. The van der Waals surface area contributed by atoms with Gasteiger partial charge >= 0.3 is 6.03 Å². The van der Waals surface area contributed by atoms with Crippen LogP contribution in [0.3, 0.4) is 0 Å². The molecule has 3 amide bonds. The van der Waals surface area contributed by atoms with E-state index in [2.05, 4.69) is 20.8 Å². The molecule has 3 rings (SSSR count). The molecule has 1 aromatic heterocycles. The maximum absolute atomic E-state index is 14.6. The molecule has 2 N–H and O–H groups in total. The molecule has 0 aliphatic carbocycles. The van der Waals surface area contributed by atoms with Gasteiger partial charge in [-0.05, 0) is 30.2 Å². The molecule has 0 bridgehead atoms. The molecule has 0 unspecified atom stereocenters. The van der Waals surface area contributed by atoms with Gasteiger partial charge in [0.1, 0.15) is 5.82 Å². The number of halogens is 2. The molecule has 0 fully saturated rings. The molecular weight excluding hydrogens is 441 g/mol. The van der Waals surface area contributed by atoms with Gasteiger partial charge in [-0.15, -0.1) is 10.2 Å². The Bertz CT molecular complexity index is 1090. The molecule has 0 aliphatic heterocycles. The summed E-state index contributed by atoms with van der Waals surface area (Å²) in [7, 11) is 0. The maximum Gasteiger partial charge on any atom is 0.321 e. The lowest BCUT2D eigenvalue weighted by molar-refractivity contribution is -0.117. The lowest BCUT2D eigenvalue weighted by Crippen LogP contribution is -2.41. The Kier molecular flexibility index (Phi) is 7.64. The average molecular weight is 462 g/mol. The quantitative estimate of drug-likeness (QED) is 0.512. The first-order valence-corrected chi connectivity index (χ1v) is 10.9. The van der Waals surface area contributed by atoms with Crippen LogP contribution < -0.4 is 10.6 Å². The summed E-state index contributed by atoms with van der Waals surface area (Å²) in [6.07, 6.45) is 0. The van der Waals surface area contributed by atoms with E-state index in [1.165, 1.54) is 10.6 Å². The zero-order chi connectivity index (χ0) is 22.4. The number of amides is 3.